The minimum Gasteiger partial charge on any atom is -0.356 e. The Balaban J connectivity index is 1.52. The zero-order chi connectivity index (χ0) is 34.0. The lowest BCUT2D eigenvalue weighted by atomic mass is 9.95. The van der Waals surface area contributed by atoms with Crippen LogP contribution in [0, 0.1) is 17.7 Å². The van der Waals surface area contributed by atoms with Crippen LogP contribution in [0.3, 0.4) is 0 Å². The second kappa shape index (κ2) is 16.2. The van der Waals surface area contributed by atoms with Crippen molar-refractivity contribution >= 4 is 53.1 Å². The molecule has 4 rings (SSSR count). The zero-order valence-corrected chi connectivity index (χ0v) is 27.0. The third kappa shape index (κ3) is 9.43. The summed E-state index contributed by atoms with van der Waals surface area (Å²) in [6, 6.07) is 19.7. The van der Waals surface area contributed by atoms with Crippen molar-refractivity contribution in [2.24, 2.45) is 11.8 Å². The molecule has 3 aromatic carbocycles. The van der Waals surface area contributed by atoms with Crippen molar-refractivity contribution in [2.45, 2.75) is 45.2 Å². The van der Waals surface area contributed by atoms with E-state index in [-0.39, 0.29) is 30.4 Å². The van der Waals surface area contributed by atoms with Gasteiger partial charge in [-0.15, -0.1) is 0 Å². The van der Waals surface area contributed by atoms with Crippen molar-refractivity contribution in [3.8, 4) is 0 Å². The Bertz CT molecular complexity index is 1590. The molecule has 0 bridgehead atoms. The molecule has 0 radical (unpaired) electrons. The highest BCUT2D eigenvalue weighted by Gasteiger charge is 2.36. The number of nitrogens with one attached hydrogen (secondary N) is 4. The van der Waals surface area contributed by atoms with Crippen LogP contribution in [0.1, 0.15) is 33.1 Å². The Morgan fingerprint density at radius 3 is 2.02 bits per heavy atom. The van der Waals surface area contributed by atoms with Crippen molar-refractivity contribution in [1.29, 1.82) is 0 Å². The molecular formula is C34H38FN4O7P. The van der Waals surface area contributed by atoms with Crippen LogP contribution in [0.5, 0.6) is 0 Å². The fourth-order valence-corrected chi connectivity index (χ4v) is 7.20. The van der Waals surface area contributed by atoms with E-state index in [1.807, 2.05) is 0 Å². The molecule has 0 saturated carbocycles. The summed E-state index contributed by atoms with van der Waals surface area (Å²) in [5.74, 6) is -5.47. The molecule has 248 valence electrons. The number of halogens is 1. The van der Waals surface area contributed by atoms with E-state index in [0.717, 1.165) is 6.07 Å². The van der Waals surface area contributed by atoms with Crippen LogP contribution in [-0.2, 0) is 33.1 Å². The van der Waals surface area contributed by atoms with Crippen molar-refractivity contribution < 1.29 is 37.5 Å². The molecule has 4 N–H and O–H groups in total. The van der Waals surface area contributed by atoms with Gasteiger partial charge >= 0.3 is 11.8 Å². The third-order valence-electron chi connectivity index (χ3n) is 7.63. The standard InChI is InChI=1S/C34H38FN4O7P/c1-22(2)19-29(39-34(44)33(43)37-27-16-10-9-15-26(27)35)32(42)38-28(20-23-17-18-36-31(23)41)30(40)21-46-47(45,24-11-5-3-6-12-24)25-13-7-4-8-14-25/h3-16,22-23,28-29H,17-21H2,1-2H3,(H,36,41)(H,37,43)(H,38,42)(H,39,44)/t23-,28-,29-/m0/s1. The molecule has 0 aromatic heterocycles. The number of hydrogen-bond acceptors (Lipinski definition) is 7. The summed E-state index contributed by atoms with van der Waals surface area (Å²) in [6.07, 6.45) is 0.480. The van der Waals surface area contributed by atoms with E-state index in [1.165, 1.54) is 18.2 Å². The molecule has 1 fully saturated rings. The van der Waals surface area contributed by atoms with Gasteiger partial charge in [-0.1, -0.05) is 62.4 Å². The van der Waals surface area contributed by atoms with Crippen LogP contribution >= 0.6 is 7.37 Å². The van der Waals surface area contributed by atoms with Gasteiger partial charge in [0, 0.05) is 23.1 Å². The number of benzene rings is 3. The van der Waals surface area contributed by atoms with Gasteiger partial charge in [0.2, 0.25) is 11.8 Å². The second-order valence-electron chi connectivity index (χ2n) is 11.6. The normalized spacial score (nSPS) is 15.7. The van der Waals surface area contributed by atoms with Crippen molar-refractivity contribution in [3.63, 3.8) is 0 Å². The molecule has 3 aromatic rings. The average molecular weight is 665 g/mol. The predicted molar refractivity (Wildman–Crippen MR) is 175 cm³/mol. The van der Waals surface area contributed by atoms with Crippen LogP contribution < -0.4 is 31.9 Å². The van der Waals surface area contributed by atoms with E-state index >= 15 is 0 Å². The van der Waals surface area contributed by atoms with Crippen molar-refractivity contribution in [1.82, 2.24) is 16.0 Å². The number of carbonyl (C=O) groups excluding carboxylic acids is 5. The molecule has 47 heavy (non-hydrogen) atoms. The summed E-state index contributed by atoms with van der Waals surface area (Å²) < 4.78 is 34.2. The first-order valence-electron chi connectivity index (χ1n) is 15.3. The Morgan fingerprint density at radius 1 is 0.872 bits per heavy atom. The molecule has 13 heteroatoms. The first-order valence-corrected chi connectivity index (χ1v) is 16.9. The minimum atomic E-state index is -3.74. The lowest BCUT2D eigenvalue weighted by Crippen LogP contribution is -2.54. The molecule has 0 spiro atoms. The summed E-state index contributed by atoms with van der Waals surface area (Å²) in [7, 11) is -3.74. The number of amides is 4. The average Bonchev–Trinajstić information content (AvgIpc) is 3.48. The highest BCUT2D eigenvalue weighted by atomic mass is 31.2. The van der Waals surface area contributed by atoms with Gasteiger partial charge in [0.15, 0.2) is 5.78 Å². The van der Waals surface area contributed by atoms with Gasteiger partial charge in [0.1, 0.15) is 18.5 Å². The van der Waals surface area contributed by atoms with Crippen LogP contribution in [-0.4, -0.2) is 54.6 Å². The molecule has 11 nitrogen and oxygen atoms in total. The Labute approximate surface area is 272 Å². The lowest BCUT2D eigenvalue weighted by Gasteiger charge is -2.26. The molecule has 0 aliphatic carbocycles. The second-order valence-corrected chi connectivity index (χ2v) is 14.0. The number of hydrogen-bond donors (Lipinski definition) is 4. The SMILES string of the molecule is CC(C)C[C@H](NC(=O)C(=O)Nc1ccccc1F)C(=O)N[C@@H](C[C@@H]1CCNC1=O)C(=O)COP(=O)(c1ccccc1)c1ccccc1. The van der Waals surface area contributed by atoms with Crippen molar-refractivity contribution in [2.75, 3.05) is 18.5 Å². The number of Topliss-reactive ketones (excluding diaryl/α,β-unsaturated/α-hetero) is 1. The third-order valence-corrected chi connectivity index (χ3v) is 10.1. The predicted octanol–water partition coefficient (Wildman–Crippen LogP) is 2.82. The fourth-order valence-electron chi connectivity index (χ4n) is 5.17. The van der Waals surface area contributed by atoms with E-state index in [2.05, 4.69) is 21.3 Å². The van der Waals surface area contributed by atoms with Crippen LogP contribution in [0.15, 0.2) is 84.9 Å². The van der Waals surface area contributed by atoms with Gasteiger partial charge in [0.25, 0.3) is 7.37 Å². The number of ketones is 1. The topological polar surface area (TPSA) is 160 Å². The zero-order valence-electron chi connectivity index (χ0n) is 26.1. The van der Waals surface area contributed by atoms with E-state index < -0.39 is 61.3 Å². The highest BCUT2D eigenvalue weighted by Crippen LogP contribution is 2.44. The summed E-state index contributed by atoms with van der Waals surface area (Å²) >= 11 is 0. The Morgan fingerprint density at radius 2 is 1.47 bits per heavy atom. The summed E-state index contributed by atoms with van der Waals surface area (Å²) in [6.45, 7) is 3.37. The van der Waals surface area contributed by atoms with Crippen molar-refractivity contribution in [3.05, 3.63) is 90.7 Å². The maximum atomic E-state index is 14.3. The summed E-state index contributed by atoms with van der Waals surface area (Å²) in [4.78, 5) is 65.1. The fraction of sp³-hybridized carbons (Fsp3) is 0.324. The highest BCUT2D eigenvalue weighted by molar-refractivity contribution is 7.74. The van der Waals surface area contributed by atoms with Gasteiger partial charge in [-0.05, 0) is 61.6 Å². The first kappa shape index (κ1) is 35.2. The van der Waals surface area contributed by atoms with E-state index in [0.29, 0.717) is 23.6 Å². The smallest absolute Gasteiger partial charge is 0.313 e. The summed E-state index contributed by atoms with van der Waals surface area (Å²) in [5.41, 5.74) is -0.207. The summed E-state index contributed by atoms with van der Waals surface area (Å²) in [5, 5.41) is 10.7. The number of rotatable bonds is 14. The maximum Gasteiger partial charge on any atom is 0.313 e. The monoisotopic (exact) mass is 664 g/mol. The van der Waals surface area contributed by atoms with E-state index in [9.17, 15) is 32.9 Å². The molecule has 4 amide bonds. The molecule has 1 aliphatic heterocycles. The quantitative estimate of drug-likeness (QED) is 0.152. The first-order chi connectivity index (χ1) is 22.5. The van der Waals surface area contributed by atoms with Gasteiger partial charge in [0.05, 0.1) is 11.7 Å². The van der Waals surface area contributed by atoms with Crippen LogP contribution in [0.25, 0.3) is 0 Å². The largest absolute Gasteiger partial charge is 0.356 e. The molecule has 0 unspecified atom stereocenters. The number of para-hydroxylation sites is 1. The van der Waals surface area contributed by atoms with E-state index in [1.54, 1.807) is 74.5 Å². The maximum absolute atomic E-state index is 14.3. The molecule has 1 aliphatic rings. The van der Waals surface area contributed by atoms with Crippen LogP contribution in [0.4, 0.5) is 10.1 Å². The van der Waals surface area contributed by atoms with Crippen LogP contribution in [0.2, 0.25) is 0 Å². The van der Waals surface area contributed by atoms with Gasteiger partial charge in [-0.3, -0.25) is 28.5 Å². The van der Waals surface area contributed by atoms with Gasteiger partial charge in [-0.2, -0.15) is 0 Å². The van der Waals surface area contributed by atoms with E-state index in [4.69, 9.17) is 4.52 Å². The lowest BCUT2D eigenvalue weighted by molar-refractivity contribution is -0.138. The van der Waals surface area contributed by atoms with Gasteiger partial charge in [-0.25, -0.2) is 4.39 Å². The number of carbonyl (C=O) groups is 5. The molecular weight excluding hydrogens is 626 g/mol. The Hall–Kier alpha value is -4.67. The van der Waals surface area contributed by atoms with Gasteiger partial charge < -0.3 is 25.8 Å². The molecule has 3 atom stereocenters. The molecule has 1 saturated heterocycles. The minimum absolute atomic E-state index is 0.0587. The number of anilines is 1. The Kier molecular flexibility index (Phi) is 12.2. The molecule has 1 heterocycles.